The number of hydrogen-bond acceptors (Lipinski definition) is 1. The third-order valence-corrected chi connectivity index (χ3v) is 3.70. The molecule has 0 saturated heterocycles. The standard InChI is InChI=1S/C11H19Cl2N/c1-2-9-5-3-4-6-11(9)14-8-10(13)7-12/h7,9,11,14H,2-6,8H2,1H3. The van der Waals surface area contributed by atoms with Gasteiger partial charge >= 0.3 is 0 Å². The van der Waals surface area contributed by atoms with Crippen molar-refractivity contribution in [1.29, 1.82) is 0 Å². The third kappa shape index (κ3) is 3.80. The van der Waals surface area contributed by atoms with Crippen LogP contribution in [0.5, 0.6) is 0 Å². The molecule has 0 heterocycles. The first-order valence-electron chi connectivity index (χ1n) is 5.46. The van der Waals surface area contributed by atoms with Gasteiger partial charge in [-0.15, -0.1) is 0 Å². The van der Waals surface area contributed by atoms with Gasteiger partial charge in [0.05, 0.1) is 0 Å². The van der Waals surface area contributed by atoms with E-state index in [-0.39, 0.29) is 0 Å². The van der Waals surface area contributed by atoms with Crippen LogP contribution >= 0.6 is 23.2 Å². The molecule has 0 aliphatic heterocycles. The van der Waals surface area contributed by atoms with E-state index in [1.54, 1.807) is 0 Å². The quantitative estimate of drug-likeness (QED) is 0.781. The van der Waals surface area contributed by atoms with Gasteiger partial charge in [0.1, 0.15) is 0 Å². The summed E-state index contributed by atoms with van der Waals surface area (Å²) in [6.07, 6.45) is 6.63. The second-order valence-electron chi connectivity index (χ2n) is 4.00. The van der Waals surface area contributed by atoms with E-state index >= 15 is 0 Å². The van der Waals surface area contributed by atoms with Crippen molar-refractivity contribution >= 4 is 23.2 Å². The molecule has 1 saturated carbocycles. The van der Waals surface area contributed by atoms with Crippen molar-refractivity contribution in [3.05, 3.63) is 10.6 Å². The Morgan fingerprint density at radius 2 is 2.14 bits per heavy atom. The first kappa shape index (κ1) is 12.4. The first-order valence-corrected chi connectivity index (χ1v) is 6.27. The second-order valence-corrected chi connectivity index (χ2v) is 4.70. The second kappa shape index (κ2) is 6.71. The smallest absolute Gasteiger partial charge is 0.0432 e. The Morgan fingerprint density at radius 3 is 2.79 bits per heavy atom. The van der Waals surface area contributed by atoms with Gasteiger partial charge < -0.3 is 5.32 Å². The molecule has 14 heavy (non-hydrogen) atoms. The van der Waals surface area contributed by atoms with Gasteiger partial charge in [-0.1, -0.05) is 49.4 Å². The summed E-state index contributed by atoms with van der Waals surface area (Å²) in [6, 6.07) is 0.638. The van der Waals surface area contributed by atoms with Gasteiger partial charge in [0.2, 0.25) is 0 Å². The fraction of sp³-hybridized carbons (Fsp3) is 0.818. The molecule has 3 heteroatoms. The molecule has 0 radical (unpaired) electrons. The minimum absolute atomic E-state index is 0.638. The number of rotatable bonds is 4. The van der Waals surface area contributed by atoms with Crippen molar-refractivity contribution in [2.45, 2.75) is 45.1 Å². The number of hydrogen-bond donors (Lipinski definition) is 1. The predicted octanol–water partition coefficient (Wildman–Crippen LogP) is 3.86. The maximum absolute atomic E-state index is 5.84. The largest absolute Gasteiger partial charge is 0.309 e. The molecule has 0 aromatic rings. The number of halogens is 2. The summed E-state index contributed by atoms with van der Waals surface area (Å²) in [6.45, 7) is 2.98. The highest BCUT2D eigenvalue weighted by Crippen LogP contribution is 2.26. The summed E-state index contributed by atoms with van der Waals surface area (Å²) in [5.41, 5.74) is 1.44. The van der Waals surface area contributed by atoms with E-state index in [9.17, 15) is 0 Å². The molecule has 1 aliphatic carbocycles. The Bertz CT molecular complexity index is 192. The highest BCUT2D eigenvalue weighted by Gasteiger charge is 2.22. The maximum Gasteiger partial charge on any atom is 0.0432 e. The molecule has 0 amide bonds. The van der Waals surface area contributed by atoms with Crippen molar-refractivity contribution in [3.63, 3.8) is 0 Å². The Kier molecular flexibility index (Phi) is 5.92. The Hall–Kier alpha value is 0.280. The predicted molar refractivity (Wildman–Crippen MR) is 63.8 cm³/mol. The van der Waals surface area contributed by atoms with Crippen LogP contribution in [0.2, 0.25) is 0 Å². The van der Waals surface area contributed by atoms with Crippen molar-refractivity contribution in [1.82, 2.24) is 5.32 Å². The van der Waals surface area contributed by atoms with Gasteiger partial charge in [-0.25, -0.2) is 0 Å². The molecule has 1 fully saturated rings. The topological polar surface area (TPSA) is 12.0 Å². The summed E-state index contributed by atoms with van der Waals surface area (Å²) >= 11 is 11.3. The molecule has 0 aromatic carbocycles. The lowest BCUT2D eigenvalue weighted by molar-refractivity contribution is 0.261. The molecule has 0 spiro atoms. The van der Waals surface area contributed by atoms with Crippen LogP contribution in [0.1, 0.15) is 39.0 Å². The molecule has 1 N–H and O–H groups in total. The fourth-order valence-corrected chi connectivity index (χ4v) is 2.39. The third-order valence-electron chi connectivity index (χ3n) is 3.08. The lowest BCUT2D eigenvalue weighted by atomic mass is 9.83. The van der Waals surface area contributed by atoms with Crippen LogP contribution in [-0.4, -0.2) is 12.6 Å². The van der Waals surface area contributed by atoms with E-state index in [4.69, 9.17) is 23.2 Å². The monoisotopic (exact) mass is 235 g/mol. The van der Waals surface area contributed by atoms with E-state index in [1.807, 2.05) is 0 Å². The number of nitrogens with one attached hydrogen (secondary N) is 1. The van der Waals surface area contributed by atoms with E-state index in [1.165, 1.54) is 37.6 Å². The zero-order valence-electron chi connectivity index (χ0n) is 8.73. The molecule has 2 unspecified atom stereocenters. The average Bonchev–Trinajstić information content (AvgIpc) is 2.26. The van der Waals surface area contributed by atoms with Crippen LogP contribution in [0.3, 0.4) is 0 Å². The zero-order chi connectivity index (χ0) is 10.4. The van der Waals surface area contributed by atoms with E-state index < -0.39 is 0 Å². The first-order chi connectivity index (χ1) is 6.77. The molecule has 1 rings (SSSR count). The Labute approximate surface area is 96.8 Å². The minimum Gasteiger partial charge on any atom is -0.309 e. The van der Waals surface area contributed by atoms with Gasteiger partial charge in [0, 0.05) is 23.2 Å². The van der Waals surface area contributed by atoms with Gasteiger partial charge in [-0.2, -0.15) is 0 Å². The molecule has 1 aliphatic rings. The van der Waals surface area contributed by atoms with Crippen molar-refractivity contribution in [3.8, 4) is 0 Å². The highest BCUT2D eigenvalue weighted by molar-refractivity contribution is 6.36. The minimum atomic E-state index is 0.638. The molecular weight excluding hydrogens is 217 g/mol. The summed E-state index contributed by atoms with van der Waals surface area (Å²) in [7, 11) is 0. The van der Waals surface area contributed by atoms with Gasteiger partial charge in [0.25, 0.3) is 0 Å². The van der Waals surface area contributed by atoms with Gasteiger partial charge in [-0.05, 0) is 18.8 Å². The summed E-state index contributed by atoms with van der Waals surface area (Å²) < 4.78 is 0. The summed E-state index contributed by atoms with van der Waals surface area (Å²) in [5.74, 6) is 0.823. The van der Waals surface area contributed by atoms with Gasteiger partial charge in [0.15, 0.2) is 0 Å². The van der Waals surface area contributed by atoms with Crippen LogP contribution in [0, 0.1) is 5.92 Å². The molecule has 82 valence electrons. The van der Waals surface area contributed by atoms with Crippen LogP contribution in [-0.2, 0) is 0 Å². The van der Waals surface area contributed by atoms with Crippen molar-refractivity contribution in [2.24, 2.45) is 5.92 Å². The molecular formula is C11H19Cl2N. The van der Waals surface area contributed by atoms with Crippen molar-refractivity contribution in [2.75, 3.05) is 6.54 Å². The van der Waals surface area contributed by atoms with Crippen LogP contribution in [0.4, 0.5) is 0 Å². The zero-order valence-corrected chi connectivity index (χ0v) is 10.2. The molecule has 2 atom stereocenters. The van der Waals surface area contributed by atoms with E-state index in [2.05, 4.69) is 12.2 Å². The molecule has 1 nitrogen and oxygen atoms in total. The van der Waals surface area contributed by atoms with E-state index in [0.29, 0.717) is 17.6 Å². The van der Waals surface area contributed by atoms with E-state index in [0.717, 1.165) is 5.92 Å². The lowest BCUT2D eigenvalue weighted by Gasteiger charge is -2.31. The molecule has 0 aromatic heterocycles. The Morgan fingerprint density at radius 1 is 1.43 bits per heavy atom. The van der Waals surface area contributed by atoms with Gasteiger partial charge in [-0.3, -0.25) is 0 Å². The highest BCUT2D eigenvalue weighted by atomic mass is 35.5. The molecule has 0 bridgehead atoms. The normalized spacial score (nSPS) is 29.2. The maximum atomic E-state index is 5.84. The van der Waals surface area contributed by atoms with Crippen LogP contribution in [0.15, 0.2) is 10.6 Å². The van der Waals surface area contributed by atoms with Crippen molar-refractivity contribution < 1.29 is 0 Å². The summed E-state index contributed by atoms with van der Waals surface area (Å²) in [4.78, 5) is 0. The SMILES string of the molecule is CCC1CCCCC1NCC(Cl)=CCl. The summed E-state index contributed by atoms with van der Waals surface area (Å²) in [5, 5.41) is 4.19. The Balaban J connectivity index is 2.33. The fourth-order valence-electron chi connectivity index (χ4n) is 2.23. The average molecular weight is 236 g/mol. The van der Waals surface area contributed by atoms with Crippen LogP contribution < -0.4 is 5.32 Å². The van der Waals surface area contributed by atoms with Crippen LogP contribution in [0.25, 0.3) is 0 Å². The lowest BCUT2D eigenvalue weighted by Crippen LogP contribution is -2.38.